The Morgan fingerprint density at radius 2 is 2.04 bits per heavy atom. The van der Waals surface area contributed by atoms with E-state index in [4.69, 9.17) is 4.42 Å². The van der Waals surface area contributed by atoms with E-state index in [1.54, 1.807) is 16.5 Å². The van der Waals surface area contributed by atoms with Gasteiger partial charge in [-0.3, -0.25) is 14.0 Å². The number of hydrogen-bond acceptors (Lipinski definition) is 5. The van der Waals surface area contributed by atoms with Gasteiger partial charge in [-0.2, -0.15) is 0 Å². The standard InChI is InChI=1S/C17H19N5O3/c1-11(2)15(19-16(23)12-6-5-9-25-12)17(24)18-10-14-21-20-13-7-3-4-8-22(13)14/h3-9,11,15H,10H2,1-2H3,(H,18,24)(H,19,23)/t15-/m1/s1. The van der Waals surface area contributed by atoms with E-state index in [9.17, 15) is 9.59 Å². The molecule has 0 spiro atoms. The SMILES string of the molecule is CC(C)[C@@H](NC(=O)c1ccco1)C(=O)NCc1nnc2ccccn12. The fraction of sp³-hybridized carbons (Fsp3) is 0.294. The average molecular weight is 341 g/mol. The molecule has 8 heteroatoms. The molecule has 8 nitrogen and oxygen atoms in total. The second-order valence-corrected chi connectivity index (χ2v) is 5.94. The molecule has 3 rings (SSSR count). The van der Waals surface area contributed by atoms with Crippen LogP contribution in [0.1, 0.15) is 30.2 Å². The van der Waals surface area contributed by atoms with Gasteiger partial charge in [-0.15, -0.1) is 10.2 Å². The van der Waals surface area contributed by atoms with E-state index >= 15 is 0 Å². The van der Waals surface area contributed by atoms with Crippen molar-refractivity contribution >= 4 is 17.5 Å². The molecule has 0 fully saturated rings. The Hall–Kier alpha value is -3.16. The first-order valence-corrected chi connectivity index (χ1v) is 7.97. The highest BCUT2D eigenvalue weighted by atomic mass is 16.3. The number of carbonyl (C=O) groups excluding carboxylic acids is 2. The van der Waals surface area contributed by atoms with E-state index in [1.165, 1.54) is 6.26 Å². The van der Waals surface area contributed by atoms with Crippen LogP contribution in [-0.2, 0) is 11.3 Å². The topological polar surface area (TPSA) is 102 Å². The first kappa shape index (κ1) is 16.7. The largest absolute Gasteiger partial charge is 0.459 e. The van der Waals surface area contributed by atoms with E-state index < -0.39 is 11.9 Å². The molecule has 25 heavy (non-hydrogen) atoms. The van der Waals surface area contributed by atoms with Gasteiger partial charge in [-0.1, -0.05) is 19.9 Å². The Balaban J connectivity index is 1.66. The van der Waals surface area contributed by atoms with Gasteiger partial charge in [0.05, 0.1) is 12.8 Å². The van der Waals surface area contributed by atoms with Crippen molar-refractivity contribution < 1.29 is 14.0 Å². The predicted octanol–water partition coefficient (Wildman–Crippen LogP) is 1.39. The van der Waals surface area contributed by atoms with Crippen LogP contribution in [0.3, 0.4) is 0 Å². The van der Waals surface area contributed by atoms with Crippen LogP contribution in [0.15, 0.2) is 47.2 Å². The summed E-state index contributed by atoms with van der Waals surface area (Å²) in [5.41, 5.74) is 0.707. The van der Waals surface area contributed by atoms with Crippen molar-refractivity contribution in [1.82, 2.24) is 25.2 Å². The highest BCUT2D eigenvalue weighted by molar-refractivity contribution is 5.95. The lowest BCUT2D eigenvalue weighted by Gasteiger charge is -2.21. The zero-order valence-electron chi connectivity index (χ0n) is 14.0. The molecule has 0 saturated carbocycles. The lowest BCUT2D eigenvalue weighted by Crippen LogP contribution is -2.49. The van der Waals surface area contributed by atoms with Gasteiger partial charge in [-0.05, 0) is 30.2 Å². The summed E-state index contributed by atoms with van der Waals surface area (Å²) in [6.45, 7) is 3.93. The zero-order chi connectivity index (χ0) is 17.8. The van der Waals surface area contributed by atoms with Crippen molar-refractivity contribution in [2.24, 2.45) is 5.92 Å². The van der Waals surface area contributed by atoms with E-state index in [0.717, 1.165) is 0 Å². The van der Waals surface area contributed by atoms with Gasteiger partial charge < -0.3 is 15.1 Å². The molecule has 2 amide bonds. The smallest absolute Gasteiger partial charge is 0.287 e. The van der Waals surface area contributed by atoms with Gasteiger partial charge in [0, 0.05) is 6.20 Å². The van der Waals surface area contributed by atoms with Crippen molar-refractivity contribution in [1.29, 1.82) is 0 Å². The van der Waals surface area contributed by atoms with Crippen LogP contribution in [0.4, 0.5) is 0 Å². The molecule has 0 aliphatic heterocycles. The van der Waals surface area contributed by atoms with Gasteiger partial charge in [0.15, 0.2) is 17.2 Å². The molecule has 1 atom stereocenters. The molecule has 130 valence electrons. The van der Waals surface area contributed by atoms with Crippen LogP contribution in [-0.4, -0.2) is 32.5 Å². The van der Waals surface area contributed by atoms with E-state index in [0.29, 0.717) is 11.5 Å². The van der Waals surface area contributed by atoms with Gasteiger partial charge in [0.1, 0.15) is 6.04 Å². The summed E-state index contributed by atoms with van der Waals surface area (Å²) in [4.78, 5) is 24.6. The molecule has 0 aromatic carbocycles. The Morgan fingerprint density at radius 1 is 1.20 bits per heavy atom. The Bertz CT molecular complexity index is 869. The number of carbonyl (C=O) groups is 2. The number of hydrogen-bond donors (Lipinski definition) is 2. The molecule has 0 unspecified atom stereocenters. The van der Waals surface area contributed by atoms with Crippen molar-refractivity contribution in [3.63, 3.8) is 0 Å². The van der Waals surface area contributed by atoms with Crippen LogP contribution in [0, 0.1) is 5.92 Å². The Labute approximate surface area is 144 Å². The molecule has 0 bridgehead atoms. The highest BCUT2D eigenvalue weighted by Crippen LogP contribution is 2.07. The number of pyridine rings is 1. The van der Waals surface area contributed by atoms with Crippen LogP contribution >= 0.6 is 0 Å². The van der Waals surface area contributed by atoms with Crippen LogP contribution in [0.5, 0.6) is 0 Å². The minimum absolute atomic E-state index is 0.0888. The molecule has 0 aliphatic carbocycles. The number of amides is 2. The third-order valence-electron chi connectivity index (χ3n) is 3.79. The summed E-state index contributed by atoms with van der Waals surface area (Å²) in [7, 11) is 0. The van der Waals surface area contributed by atoms with Crippen LogP contribution in [0.2, 0.25) is 0 Å². The maximum absolute atomic E-state index is 12.5. The number of nitrogens with zero attached hydrogens (tertiary/aromatic N) is 3. The average Bonchev–Trinajstić information content (AvgIpc) is 3.27. The number of nitrogens with one attached hydrogen (secondary N) is 2. The van der Waals surface area contributed by atoms with Gasteiger partial charge >= 0.3 is 0 Å². The summed E-state index contributed by atoms with van der Waals surface area (Å²) in [5, 5.41) is 13.6. The quantitative estimate of drug-likeness (QED) is 0.705. The van der Waals surface area contributed by atoms with Gasteiger partial charge in [0.2, 0.25) is 5.91 Å². The summed E-state index contributed by atoms with van der Waals surface area (Å²) < 4.78 is 6.86. The molecular weight excluding hydrogens is 322 g/mol. The molecule has 3 heterocycles. The van der Waals surface area contributed by atoms with Crippen molar-refractivity contribution in [3.8, 4) is 0 Å². The number of aromatic nitrogens is 3. The summed E-state index contributed by atoms with van der Waals surface area (Å²) >= 11 is 0. The van der Waals surface area contributed by atoms with Gasteiger partial charge in [0.25, 0.3) is 5.91 Å². The first-order chi connectivity index (χ1) is 12.1. The summed E-state index contributed by atoms with van der Waals surface area (Å²) in [6.07, 6.45) is 3.24. The summed E-state index contributed by atoms with van der Waals surface area (Å²) in [6, 6.07) is 8.05. The molecule has 0 radical (unpaired) electrons. The third kappa shape index (κ3) is 3.68. The fourth-order valence-electron chi connectivity index (χ4n) is 2.44. The van der Waals surface area contributed by atoms with Crippen molar-refractivity contribution in [3.05, 3.63) is 54.4 Å². The monoisotopic (exact) mass is 341 g/mol. The molecule has 3 aromatic heterocycles. The number of furan rings is 1. The normalized spacial score (nSPS) is 12.3. The number of rotatable bonds is 6. The maximum atomic E-state index is 12.5. The van der Waals surface area contributed by atoms with E-state index in [2.05, 4.69) is 20.8 Å². The third-order valence-corrected chi connectivity index (χ3v) is 3.79. The molecule has 3 aromatic rings. The van der Waals surface area contributed by atoms with Crippen LogP contribution in [0.25, 0.3) is 5.65 Å². The second kappa shape index (κ2) is 7.16. The lowest BCUT2D eigenvalue weighted by molar-refractivity contribution is -0.124. The Morgan fingerprint density at radius 3 is 2.76 bits per heavy atom. The minimum Gasteiger partial charge on any atom is -0.459 e. The molecule has 2 N–H and O–H groups in total. The fourth-order valence-corrected chi connectivity index (χ4v) is 2.44. The zero-order valence-corrected chi connectivity index (χ0v) is 14.0. The number of fused-ring (bicyclic) bond motifs is 1. The first-order valence-electron chi connectivity index (χ1n) is 7.97. The van der Waals surface area contributed by atoms with Crippen molar-refractivity contribution in [2.45, 2.75) is 26.4 Å². The summed E-state index contributed by atoms with van der Waals surface area (Å²) in [5.74, 6) is -0.0193. The van der Waals surface area contributed by atoms with Gasteiger partial charge in [-0.25, -0.2) is 0 Å². The van der Waals surface area contributed by atoms with Crippen LogP contribution < -0.4 is 10.6 Å². The lowest BCUT2D eigenvalue weighted by atomic mass is 10.0. The maximum Gasteiger partial charge on any atom is 0.287 e. The molecule has 0 saturated heterocycles. The second-order valence-electron chi connectivity index (χ2n) is 5.94. The minimum atomic E-state index is -0.684. The van der Waals surface area contributed by atoms with Crippen molar-refractivity contribution in [2.75, 3.05) is 0 Å². The molecular formula is C17H19N5O3. The van der Waals surface area contributed by atoms with E-state index in [1.807, 2.05) is 38.2 Å². The Kier molecular flexibility index (Phi) is 4.78. The highest BCUT2D eigenvalue weighted by Gasteiger charge is 2.25. The predicted molar refractivity (Wildman–Crippen MR) is 89.6 cm³/mol. The molecule has 0 aliphatic rings. The van der Waals surface area contributed by atoms with E-state index in [-0.39, 0.29) is 24.1 Å².